The van der Waals surface area contributed by atoms with Gasteiger partial charge in [-0.05, 0) is 46.5 Å². The summed E-state index contributed by atoms with van der Waals surface area (Å²) < 4.78 is 8.42. The fourth-order valence-electron chi connectivity index (χ4n) is 4.86. The summed E-state index contributed by atoms with van der Waals surface area (Å²) in [5, 5.41) is 0. The Hall–Kier alpha value is -2.36. The van der Waals surface area contributed by atoms with E-state index in [1.54, 1.807) is 0 Å². The number of halogens is 2. The van der Waals surface area contributed by atoms with Crippen LogP contribution in [0.4, 0.5) is 0 Å². The Morgan fingerprint density at radius 3 is 1.50 bits per heavy atom. The van der Waals surface area contributed by atoms with Crippen LogP contribution in [0.25, 0.3) is 11.1 Å². The molecule has 28 heavy (non-hydrogen) atoms. The Labute approximate surface area is 180 Å². The lowest BCUT2D eigenvalue weighted by atomic mass is 9.66. The minimum absolute atomic E-state index is 0.377. The first kappa shape index (κ1) is 16.6. The van der Waals surface area contributed by atoms with E-state index in [1.165, 1.54) is 33.4 Å². The third kappa shape index (κ3) is 2.01. The van der Waals surface area contributed by atoms with Gasteiger partial charge in [0.1, 0.15) is 11.5 Å². The number of benzene rings is 4. The maximum atomic E-state index is 6.40. The van der Waals surface area contributed by atoms with Crippen LogP contribution in [0.15, 0.2) is 93.9 Å². The van der Waals surface area contributed by atoms with Gasteiger partial charge in [0.15, 0.2) is 0 Å². The second kappa shape index (κ2) is 5.82. The lowest BCUT2D eigenvalue weighted by Crippen LogP contribution is -2.32. The van der Waals surface area contributed by atoms with Gasteiger partial charge in [-0.1, -0.05) is 92.5 Å². The molecule has 0 radical (unpaired) electrons. The molecule has 0 saturated carbocycles. The van der Waals surface area contributed by atoms with Crippen molar-refractivity contribution in [1.82, 2.24) is 0 Å². The summed E-state index contributed by atoms with van der Waals surface area (Å²) in [6.45, 7) is 0. The van der Waals surface area contributed by atoms with Crippen LogP contribution in [0.3, 0.4) is 0 Å². The highest BCUT2D eigenvalue weighted by Crippen LogP contribution is 2.62. The summed E-state index contributed by atoms with van der Waals surface area (Å²) in [7, 11) is 0. The molecule has 2 aliphatic rings. The van der Waals surface area contributed by atoms with E-state index in [9.17, 15) is 0 Å². The highest BCUT2D eigenvalue weighted by Gasteiger charge is 2.50. The number of hydrogen-bond donors (Lipinski definition) is 0. The second-order valence-corrected chi connectivity index (χ2v) is 9.06. The van der Waals surface area contributed by atoms with Crippen LogP contribution in [0, 0.1) is 0 Å². The smallest absolute Gasteiger partial charge is 0.133 e. The maximum absolute atomic E-state index is 6.40. The van der Waals surface area contributed by atoms with Gasteiger partial charge in [-0.25, -0.2) is 0 Å². The first-order valence-corrected chi connectivity index (χ1v) is 10.8. The molecular formula is C25H14Br2O. The SMILES string of the molecule is Brc1ccc2c(c1)Oc1cc(Br)ccc1C21c2ccccc2-c2ccccc21. The van der Waals surface area contributed by atoms with E-state index in [-0.39, 0.29) is 5.41 Å². The molecule has 1 spiro atoms. The van der Waals surface area contributed by atoms with Crippen LogP contribution < -0.4 is 4.74 Å². The molecule has 1 aliphatic heterocycles. The van der Waals surface area contributed by atoms with Crippen molar-refractivity contribution >= 4 is 31.9 Å². The molecule has 4 aromatic rings. The van der Waals surface area contributed by atoms with E-state index in [1.807, 2.05) is 0 Å². The molecule has 6 rings (SSSR count). The minimum atomic E-state index is -0.377. The molecule has 1 nitrogen and oxygen atoms in total. The predicted octanol–water partition coefficient (Wildman–Crippen LogP) is 7.68. The number of rotatable bonds is 0. The average Bonchev–Trinajstić information content (AvgIpc) is 2.99. The van der Waals surface area contributed by atoms with Crippen molar-refractivity contribution in [1.29, 1.82) is 0 Å². The van der Waals surface area contributed by atoms with Gasteiger partial charge in [0, 0.05) is 20.1 Å². The fraction of sp³-hybridized carbons (Fsp3) is 0.0400. The van der Waals surface area contributed by atoms with Crippen molar-refractivity contribution < 1.29 is 4.74 Å². The lowest BCUT2D eigenvalue weighted by Gasteiger charge is -2.39. The zero-order valence-corrected chi connectivity index (χ0v) is 17.9. The van der Waals surface area contributed by atoms with Gasteiger partial charge < -0.3 is 4.74 Å². The highest BCUT2D eigenvalue weighted by molar-refractivity contribution is 9.10. The normalized spacial score (nSPS) is 14.6. The second-order valence-electron chi connectivity index (χ2n) is 7.22. The van der Waals surface area contributed by atoms with Crippen LogP contribution in [0.2, 0.25) is 0 Å². The van der Waals surface area contributed by atoms with Gasteiger partial charge in [0.25, 0.3) is 0 Å². The summed E-state index contributed by atoms with van der Waals surface area (Å²) in [5.74, 6) is 1.79. The van der Waals surface area contributed by atoms with Crippen molar-refractivity contribution in [3.63, 3.8) is 0 Å². The van der Waals surface area contributed by atoms with Crippen LogP contribution in [0.5, 0.6) is 11.5 Å². The maximum Gasteiger partial charge on any atom is 0.133 e. The molecule has 1 aliphatic carbocycles. The van der Waals surface area contributed by atoms with Crippen molar-refractivity contribution in [2.75, 3.05) is 0 Å². The van der Waals surface area contributed by atoms with Gasteiger partial charge >= 0.3 is 0 Å². The number of hydrogen-bond acceptors (Lipinski definition) is 1. The Morgan fingerprint density at radius 1 is 0.536 bits per heavy atom. The third-order valence-corrected chi connectivity index (χ3v) is 6.85. The molecule has 0 aromatic heterocycles. The molecule has 0 fully saturated rings. The van der Waals surface area contributed by atoms with Gasteiger partial charge in [0.2, 0.25) is 0 Å². The van der Waals surface area contributed by atoms with Crippen molar-refractivity contribution in [3.8, 4) is 22.6 Å². The van der Waals surface area contributed by atoms with Crippen LogP contribution in [-0.2, 0) is 5.41 Å². The standard InChI is InChI=1S/C25H14Br2O/c26-15-9-11-21-23(13-15)28-24-14-16(27)10-12-22(24)25(21)19-7-3-1-5-17(19)18-6-2-4-8-20(18)25/h1-14H. The molecule has 1 heterocycles. The summed E-state index contributed by atoms with van der Waals surface area (Å²) >= 11 is 7.23. The van der Waals surface area contributed by atoms with E-state index in [2.05, 4.69) is 117 Å². The number of ether oxygens (including phenoxy) is 1. The third-order valence-electron chi connectivity index (χ3n) is 5.87. The van der Waals surface area contributed by atoms with E-state index in [0.29, 0.717) is 0 Å². The van der Waals surface area contributed by atoms with Gasteiger partial charge in [-0.15, -0.1) is 0 Å². The zero-order valence-electron chi connectivity index (χ0n) is 14.7. The van der Waals surface area contributed by atoms with Crippen LogP contribution in [-0.4, -0.2) is 0 Å². The summed E-state index contributed by atoms with van der Waals surface area (Å²) in [5.41, 5.74) is 7.20. The molecule has 4 aromatic carbocycles. The molecule has 134 valence electrons. The minimum Gasteiger partial charge on any atom is -0.457 e. The first-order valence-electron chi connectivity index (χ1n) is 9.17. The van der Waals surface area contributed by atoms with E-state index in [0.717, 1.165) is 20.4 Å². The average molecular weight is 490 g/mol. The zero-order chi connectivity index (χ0) is 18.9. The lowest BCUT2D eigenvalue weighted by molar-refractivity contribution is 0.435. The fourth-order valence-corrected chi connectivity index (χ4v) is 5.54. The largest absolute Gasteiger partial charge is 0.457 e. The van der Waals surface area contributed by atoms with Gasteiger partial charge in [-0.2, -0.15) is 0 Å². The quantitative estimate of drug-likeness (QED) is 0.212. The molecule has 3 heteroatoms. The monoisotopic (exact) mass is 488 g/mol. The van der Waals surface area contributed by atoms with Gasteiger partial charge in [0.05, 0.1) is 5.41 Å². The molecule has 0 unspecified atom stereocenters. The Balaban J connectivity index is 1.84. The highest BCUT2D eigenvalue weighted by atomic mass is 79.9. The first-order chi connectivity index (χ1) is 13.7. The van der Waals surface area contributed by atoms with E-state index >= 15 is 0 Å². The molecule has 0 atom stereocenters. The Bertz CT molecular complexity index is 1180. The van der Waals surface area contributed by atoms with Gasteiger partial charge in [-0.3, -0.25) is 0 Å². The van der Waals surface area contributed by atoms with E-state index in [4.69, 9.17) is 4.74 Å². The molecular weight excluding hydrogens is 476 g/mol. The van der Waals surface area contributed by atoms with Crippen molar-refractivity contribution in [2.24, 2.45) is 0 Å². The number of fused-ring (bicyclic) bond motifs is 9. The summed E-state index contributed by atoms with van der Waals surface area (Å²) in [6, 6.07) is 30.3. The Morgan fingerprint density at radius 2 is 1.00 bits per heavy atom. The van der Waals surface area contributed by atoms with Crippen molar-refractivity contribution in [3.05, 3.63) is 116 Å². The summed E-state index contributed by atoms with van der Waals surface area (Å²) in [6.07, 6.45) is 0. The summed E-state index contributed by atoms with van der Waals surface area (Å²) in [4.78, 5) is 0. The predicted molar refractivity (Wildman–Crippen MR) is 119 cm³/mol. The van der Waals surface area contributed by atoms with Crippen LogP contribution >= 0.6 is 31.9 Å². The topological polar surface area (TPSA) is 9.23 Å². The van der Waals surface area contributed by atoms with Crippen LogP contribution in [0.1, 0.15) is 22.3 Å². The molecule has 0 amide bonds. The van der Waals surface area contributed by atoms with Crippen molar-refractivity contribution in [2.45, 2.75) is 5.41 Å². The van der Waals surface area contributed by atoms with E-state index < -0.39 is 0 Å². The molecule has 0 saturated heterocycles. The molecule has 0 N–H and O–H groups in total. The molecule has 0 bridgehead atoms. The Kier molecular flexibility index (Phi) is 3.45.